The highest BCUT2D eigenvalue weighted by atomic mass is 35.5. The van der Waals surface area contributed by atoms with Gasteiger partial charge >= 0.3 is 0 Å². The van der Waals surface area contributed by atoms with E-state index in [-0.39, 0.29) is 46.2 Å². The predicted octanol–water partition coefficient (Wildman–Crippen LogP) is 2.78. The molecule has 0 unspecified atom stereocenters. The first-order valence-electron chi connectivity index (χ1n) is 8.59. The molecule has 1 fully saturated rings. The number of nitrogens with zero attached hydrogens (tertiary/aromatic N) is 2. The Hall–Kier alpha value is -2.31. The van der Waals surface area contributed by atoms with E-state index in [1.165, 1.54) is 24.3 Å². The molecule has 27 heavy (non-hydrogen) atoms. The van der Waals surface area contributed by atoms with Crippen molar-refractivity contribution in [3.8, 4) is 17.6 Å². The quantitative estimate of drug-likeness (QED) is 0.808. The summed E-state index contributed by atoms with van der Waals surface area (Å²) in [6.07, 6.45) is 0. The summed E-state index contributed by atoms with van der Waals surface area (Å²) < 4.78 is 49.1. The summed E-state index contributed by atoms with van der Waals surface area (Å²) in [5.41, 5.74) is -0.187. The van der Waals surface area contributed by atoms with Crippen molar-refractivity contribution in [1.82, 2.24) is 9.62 Å². The van der Waals surface area contributed by atoms with E-state index in [1.807, 2.05) is 0 Å². The van der Waals surface area contributed by atoms with Crippen LogP contribution in [0.25, 0.3) is 0 Å². The third kappa shape index (κ3) is 4.34. The van der Waals surface area contributed by atoms with Crippen molar-refractivity contribution >= 4 is 39.1 Å². The van der Waals surface area contributed by atoms with Gasteiger partial charge in [0, 0.05) is 23.1 Å². The number of nitrogens with one attached hydrogen (secondary N) is 1. The molecule has 0 radical (unpaired) electrons. The van der Waals surface area contributed by atoms with E-state index < -0.39 is 33.4 Å². The monoisotopic (exact) mass is 427 g/mol. The fraction of sp³-hybridized carbons (Fsp3) is 0.176. The average Bonchev–Trinajstić information content (AvgIpc) is 2.65. The van der Waals surface area contributed by atoms with Crippen molar-refractivity contribution in [2.75, 3.05) is 19.6 Å². The Labute approximate surface area is 168 Å². The second kappa shape index (κ2) is 7.74. The van der Waals surface area contributed by atoms with Crippen LogP contribution < -0.4 is 10.1 Å². The van der Waals surface area contributed by atoms with Gasteiger partial charge in [0.1, 0.15) is 16.4 Å². The molecule has 2 aromatic rings. The Kier molecular flexibility index (Phi) is 4.83. The Morgan fingerprint density at radius 3 is 2.74 bits per heavy atom. The first-order chi connectivity index (χ1) is 13.6. The van der Waals surface area contributed by atoms with Crippen molar-refractivity contribution in [3.05, 3.63) is 52.0 Å². The number of benzene rings is 2. The summed E-state index contributed by atoms with van der Waals surface area (Å²) in [5.74, 6) is -0.897. The largest absolute Gasteiger partial charge is 0.456 e. The summed E-state index contributed by atoms with van der Waals surface area (Å²) in [5, 5.41) is 11.9. The summed E-state index contributed by atoms with van der Waals surface area (Å²) in [7, 11) is -4.36. The van der Waals surface area contributed by atoms with Gasteiger partial charge in [-0.3, -0.25) is 4.79 Å². The van der Waals surface area contributed by atoms with Crippen LogP contribution in [0.2, 0.25) is 10.0 Å². The third-order valence-corrected chi connectivity index (χ3v) is 5.82. The zero-order valence-corrected chi connectivity index (χ0v) is 16.0. The molecule has 0 aromatic heterocycles. The molecule has 1 N–H and O–H groups in total. The van der Waals surface area contributed by atoms with Crippen LogP contribution in [-0.4, -0.2) is 38.3 Å². The number of rotatable bonds is 4. The maximum Gasteiger partial charge on any atom is 0.247 e. The van der Waals surface area contributed by atoms with Crippen LogP contribution in [0.5, 0.6) is 11.5 Å². The predicted molar refractivity (Wildman–Crippen MR) is 99.5 cm³/mol. The number of hydrogen-bond acceptors (Lipinski definition) is 5. The fourth-order valence-electron chi connectivity index (χ4n) is 2.40. The molecule has 1 aliphatic rings. The van der Waals surface area contributed by atoms with Gasteiger partial charge in [0.2, 0.25) is 15.9 Å². The van der Waals surface area contributed by atoms with Crippen LogP contribution >= 0.6 is 23.2 Å². The van der Waals surface area contributed by atoms with Gasteiger partial charge in [-0.05, 0) is 36.4 Å². The van der Waals surface area contributed by atoms with Crippen LogP contribution in [0.3, 0.4) is 0 Å². The second-order valence-corrected chi connectivity index (χ2v) is 8.20. The molecule has 0 atom stereocenters. The summed E-state index contributed by atoms with van der Waals surface area (Å²) in [4.78, 5) is 11.1. The number of ether oxygens (including phenoxy) is 1. The molecule has 10 heteroatoms. The van der Waals surface area contributed by atoms with E-state index in [4.69, 9.17) is 30.7 Å². The number of carbonyl (C=O) groups is 1. The normalized spacial score (nSPS) is 16.1. The molecule has 0 aliphatic carbocycles. The summed E-state index contributed by atoms with van der Waals surface area (Å²) in [6.45, 7) is -0.318. The van der Waals surface area contributed by atoms with E-state index in [1.54, 1.807) is 6.07 Å². The van der Waals surface area contributed by atoms with Gasteiger partial charge in [0.05, 0.1) is 20.9 Å². The molecule has 1 saturated heterocycles. The molecule has 0 bridgehead atoms. The molecular weight excluding hydrogens is 413 g/mol. The first-order valence-corrected chi connectivity index (χ1v) is 9.78. The zero-order chi connectivity index (χ0) is 21.3. The van der Waals surface area contributed by atoms with Gasteiger partial charge in [0.25, 0.3) is 0 Å². The molecular formula is C17H13Cl2N3O4S. The molecule has 1 heterocycles. The molecule has 3 rings (SSSR count). The maximum atomic E-state index is 13.2. The van der Waals surface area contributed by atoms with Gasteiger partial charge in [-0.2, -0.15) is 9.57 Å². The van der Waals surface area contributed by atoms with Crippen molar-refractivity contribution in [2.24, 2.45) is 0 Å². The van der Waals surface area contributed by atoms with Gasteiger partial charge in [-0.1, -0.05) is 23.2 Å². The van der Waals surface area contributed by atoms with Gasteiger partial charge in [-0.25, -0.2) is 8.42 Å². The maximum absolute atomic E-state index is 13.2. The SMILES string of the molecule is [2H]c1c(Cl)cc(Cl)cc1Oc1ccc(C#N)c([2H])c1S(=O)(=O)N1CCNC(=O)C1. The lowest BCUT2D eigenvalue weighted by molar-refractivity contribution is -0.122. The van der Waals surface area contributed by atoms with Gasteiger partial charge in [-0.15, -0.1) is 0 Å². The highest BCUT2D eigenvalue weighted by molar-refractivity contribution is 7.89. The van der Waals surface area contributed by atoms with E-state index in [9.17, 15) is 18.5 Å². The van der Waals surface area contributed by atoms with Crippen LogP contribution in [0.15, 0.2) is 41.2 Å². The van der Waals surface area contributed by atoms with Crippen LogP contribution in [-0.2, 0) is 14.8 Å². The Balaban J connectivity index is 2.16. The molecule has 2 aromatic carbocycles. The Morgan fingerprint density at radius 2 is 2.04 bits per heavy atom. The van der Waals surface area contributed by atoms with E-state index in [0.717, 1.165) is 4.31 Å². The van der Waals surface area contributed by atoms with Crippen molar-refractivity contribution in [3.63, 3.8) is 0 Å². The number of hydrogen-bond donors (Lipinski definition) is 1. The summed E-state index contributed by atoms with van der Waals surface area (Å²) >= 11 is 11.9. The molecule has 140 valence electrons. The van der Waals surface area contributed by atoms with Crippen molar-refractivity contribution < 1.29 is 20.7 Å². The number of sulfonamides is 1. The highest BCUT2D eigenvalue weighted by Gasteiger charge is 2.32. The molecule has 1 aliphatic heterocycles. The van der Waals surface area contributed by atoms with Crippen LogP contribution in [0.1, 0.15) is 8.30 Å². The molecule has 7 nitrogen and oxygen atoms in total. The van der Waals surface area contributed by atoms with Crippen molar-refractivity contribution in [2.45, 2.75) is 4.90 Å². The van der Waals surface area contributed by atoms with Crippen molar-refractivity contribution in [1.29, 1.82) is 5.26 Å². The number of halogens is 2. The Bertz CT molecular complexity index is 1150. The minimum Gasteiger partial charge on any atom is -0.456 e. The van der Waals surface area contributed by atoms with Gasteiger partial charge < -0.3 is 10.1 Å². The number of nitriles is 1. The number of amides is 1. The fourth-order valence-corrected chi connectivity index (χ4v) is 4.35. The van der Waals surface area contributed by atoms with Gasteiger partial charge in [0.15, 0.2) is 0 Å². The minimum atomic E-state index is -4.36. The smallest absolute Gasteiger partial charge is 0.247 e. The minimum absolute atomic E-state index is 0.00355. The van der Waals surface area contributed by atoms with Crippen LogP contribution in [0, 0.1) is 11.3 Å². The lowest BCUT2D eigenvalue weighted by Crippen LogP contribution is -2.49. The molecule has 0 spiro atoms. The standard InChI is InChI=1S/C17H13Cl2N3O4S/c18-12-6-13(19)8-14(7-12)26-15-2-1-11(9-20)5-16(15)27(24,25)22-4-3-21-17(23)10-22/h1-2,5-8H,3-4,10H2,(H,21,23)/i5D,7D. The number of carbonyl (C=O) groups excluding carboxylic acids is 1. The topological polar surface area (TPSA) is 99.5 Å². The second-order valence-electron chi connectivity index (χ2n) is 5.48. The molecule has 0 saturated carbocycles. The number of piperazine rings is 1. The highest BCUT2D eigenvalue weighted by Crippen LogP contribution is 2.34. The van der Waals surface area contributed by atoms with E-state index in [2.05, 4.69) is 5.32 Å². The lowest BCUT2D eigenvalue weighted by atomic mass is 10.2. The lowest BCUT2D eigenvalue weighted by Gasteiger charge is -2.26. The zero-order valence-electron chi connectivity index (χ0n) is 15.6. The first kappa shape index (κ1) is 16.8. The molecule has 1 amide bonds. The van der Waals surface area contributed by atoms with Crippen LogP contribution in [0.4, 0.5) is 0 Å². The summed E-state index contributed by atoms with van der Waals surface area (Å²) in [6, 6.07) is 6.01. The Morgan fingerprint density at radius 1 is 1.26 bits per heavy atom. The average molecular weight is 428 g/mol. The van der Waals surface area contributed by atoms with E-state index >= 15 is 0 Å². The third-order valence-electron chi connectivity index (χ3n) is 3.59. The van der Waals surface area contributed by atoms with E-state index in [0.29, 0.717) is 0 Å².